The van der Waals surface area contributed by atoms with Gasteiger partial charge in [0, 0.05) is 18.3 Å². The van der Waals surface area contributed by atoms with Crippen molar-refractivity contribution in [3.63, 3.8) is 0 Å². The highest BCUT2D eigenvalue weighted by molar-refractivity contribution is 5.93. The van der Waals surface area contributed by atoms with Crippen LogP contribution in [0.3, 0.4) is 0 Å². The molecule has 1 aromatic carbocycles. The number of para-hydroxylation sites is 1. The number of aromatic amines is 1. The molecule has 0 radical (unpaired) electrons. The van der Waals surface area contributed by atoms with Gasteiger partial charge >= 0.3 is 0 Å². The van der Waals surface area contributed by atoms with Gasteiger partial charge < -0.3 is 14.7 Å². The summed E-state index contributed by atoms with van der Waals surface area (Å²) in [6.07, 6.45) is 2.95. The highest BCUT2D eigenvalue weighted by atomic mass is 16.5. The van der Waals surface area contributed by atoms with Gasteiger partial charge in [0.05, 0.1) is 19.3 Å². The van der Waals surface area contributed by atoms with Gasteiger partial charge in [0.25, 0.3) is 5.91 Å². The third-order valence-electron chi connectivity index (χ3n) is 5.10. The van der Waals surface area contributed by atoms with Crippen molar-refractivity contribution in [2.24, 2.45) is 0 Å². The number of aliphatic hydroxyl groups is 1. The summed E-state index contributed by atoms with van der Waals surface area (Å²) in [4.78, 5) is 18.9. The Morgan fingerprint density at radius 1 is 1.21 bits per heavy atom. The fourth-order valence-corrected chi connectivity index (χ4v) is 3.71. The number of amides is 1. The standard InChI is InChI=1S/C21H22N4O3/c1-28-19-9-3-2-7-15(19)21(27)10-6-12-25(14-21)20(26)18-13-17(23-24-18)16-8-4-5-11-22-16/h2-5,7-9,11,13,27H,6,10,12,14H2,1H3,(H,23,24)/t21-/m0/s1. The van der Waals surface area contributed by atoms with Crippen LogP contribution in [-0.4, -0.2) is 51.3 Å². The molecule has 4 rings (SSSR count). The Balaban J connectivity index is 1.56. The third-order valence-corrected chi connectivity index (χ3v) is 5.10. The summed E-state index contributed by atoms with van der Waals surface area (Å²) in [5.74, 6) is 0.431. The Labute approximate surface area is 163 Å². The second-order valence-electron chi connectivity index (χ2n) is 6.94. The number of nitrogens with one attached hydrogen (secondary N) is 1. The highest BCUT2D eigenvalue weighted by Crippen LogP contribution is 2.37. The Bertz CT molecular complexity index is 973. The van der Waals surface area contributed by atoms with Crippen molar-refractivity contribution < 1.29 is 14.6 Å². The van der Waals surface area contributed by atoms with Crippen LogP contribution in [0.4, 0.5) is 0 Å². The topological polar surface area (TPSA) is 91.3 Å². The molecule has 0 unspecified atom stereocenters. The average Bonchev–Trinajstić information content (AvgIpc) is 3.24. The summed E-state index contributed by atoms with van der Waals surface area (Å²) in [5, 5.41) is 18.3. The lowest BCUT2D eigenvalue weighted by Crippen LogP contribution is -2.48. The molecule has 3 heterocycles. The fourth-order valence-electron chi connectivity index (χ4n) is 3.71. The van der Waals surface area contributed by atoms with E-state index in [9.17, 15) is 9.90 Å². The summed E-state index contributed by atoms with van der Waals surface area (Å²) < 4.78 is 5.41. The van der Waals surface area contributed by atoms with Gasteiger partial charge in [-0.15, -0.1) is 0 Å². The van der Waals surface area contributed by atoms with E-state index in [0.29, 0.717) is 47.8 Å². The van der Waals surface area contributed by atoms with Crippen molar-refractivity contribution in [3.8, 4) is 17.1 Å². The van der Waals surface area contributed by atoms with Crippen molar-refractivity contribution in [1.82, 2.24) is 20.1 Å². The molecule has 1 atom stereocenters. The van der Waals surface area contributed by atoms with Gasteiger partial charge in [-0.1, -0.05) is 24.3 Å². The zero-order valence-electron chi connectivity index (χ0n) is 15.6. The Hall–Kier alpha value is -3.19. The first kappa shape index (κ1) is 18.2. The summed E-state index contributed by atoms with van der Waals surface area (Å²) in [5.41, 5.74) is 1.24. The summed E-state index contributed by atoms with van der Waals surface area (Å²) in [6.45, 7) is 0.776. The fraction of sp³-hybridized carbons (Fsp3) is 0.286. The first-order chi connectivity index (χ1) is 13.6. The van der Waals surface area contributed by atoms with Crippen molar-refractivity contribution >= 4 is 5.91 Å². The SMILES string of the molecule is COc1ccccc1[C@]1(O)CCCN(C(=O)c2cc(-c3ccccn3)n[nH]2)C1. The van der Waals surface area contributed by atoms with E-state index in [1.54, 1.807) is 24.3 Å². The molecule has 0 saturated carbocycles. The molecule has 7 nitrogen and oxygen atoms in total. The van der Waals surface area contributed by atoms with Crippen LogP contribution in [0.2, 0.25) is 0 Å². The number of pyridine rings is 1. The summed E-state index contributed by atoms with van der Waals surface area (Å²) >= 11 is 0. The number of β-amino-alcohol motifs (C(OH)–C–C–N with tert-alkyl or cyclic N) is 1. The van der Waals surface area contributed by atoms with Crippen LogP contribution < -0.4 is 4.74 Å². The van der Waals surface area contributed by atoms with E-state index < -0.39 is 5.60 Å². The Morgan fingerprint density at radius 3 is 2.82 bits per heavy atom. The van der Waals surface area contributed by atoms with E-state index in [1.807, 2.05) is 42.5 Å². The number of rotatable bonds is 4. The molecule has 0 bridgehead atoms. The first-order valence-corrected chi connectivity index (χ1v) is 9.23. The molecule has 2 N–H and O–H groups in total. The van der Waals surface area contributed by atoms with Gasteiger partial charge in [-0.2, -0.15) is 5.10 Å². The van der Waals surface area contributed by atoms with Gasteiger partial charge in [0.2, 0.25) is 0 Å². The van der Waals surface area contributed by atoms with Crippen LogP contribution in [0.5, 0.6) is 5.75 Å². The minimum absolute atomic E-state index is 0.192. The maximum absolute atomic E-state index is 13.0. The van der Waals surface area contributed by atoms with Gasteiger partial charge in [-0.05, 0) is 37.1 Å². The second-order valence-corrected chi connectivity index (χ2v) is 6.94. The van der Waals surface area contributed by atoms with E-state index in [4.69, 9.17) is 4.74 Å². The predicted molar refractivity (Wildman–Crippen MR) is 104 cm³/mol. The zero-order valence-corrected chi connectivity index (χ0v) is 15.6. The maximum atomic E-state index is 13.0. The molecule has 0 aliphatic carbocycles. The van der Waals surface area contributed by atoms with Crippen LogP contribution in [0.1, 0.15) is 28.9 Å². The maximum Gasteiger partial charge on any atom is 0.271 e. The monoisotopic (exact) mass is 378 g/mol. The van der Waals surface area contributed by atoms with Crippen molar-refractivity contribution in [2.45, 2.75) is 18.4 Å². The number of carbonyl (C=O) groups excluding carboxylic acids is 1. The van der Waals surface area contributed by atoms with E-state index >= 15 is 0 Å². The Kier molecular flexibility index (Phi) is 4.83. The van der Waals surface area contributed by atoms with Gasteiger partial charge in [-0.3, -0.25) is 14.9 Å². The quantitative estimate of drug-likeness (QED) is 0.728. The van der Waals surface area contributed by atoms with Crippen LogP contribution >= 0.6 is 0 Å². The number of likely N-dealkylation sites (tertiary alicyclic amines) is 1. The number of ether oxygens (including phenoxy) is 1. The minimum Gasteiger partial charge on any atom is -0.496 e. The number of carbonyl (C=O) groups is 1. The smallest absolute Gasteiger partial charge is 0.271 e. The Morgan fingerprint density at radius 2 is 2.04 bits per heavy atom. The highest BCUT2D eigenvalue weighted by Gasteiger charge is 2.39. The normalized spacial score (nSPS) is 19.4. The number of piperidine rings is 1. The number of methoxy groups -OCH3 is 1. The number of benzene rings is 1. The molecule has 2 aromatic heterocycles. The molecule has 3 aromatic rings. The summed E-state index contributed by atoms with van der Waals surface area (Å²) in [6, 6.07) is 14.6. The molecule has 1 amide bonds. The van der Waals surface area contributed by atoms with Crippen LogP contribution in [0, 0.1) is 0 Å². The van der Waals surface area contributed by atoms with Gasteiger partial charge in [0.1, 0.15) is 22.7 Å². The molecule has 144 valence electrons. The lowest BCUT2D eigenvalue weighted by atomic mass is 9.85. The largest absolute Gasteiger partial charge is 0.496 e. The predicted octanol–water partition coefficient (Wildman–Crippen LogP) is 2.60. The van der Waals surface area contributed by atoms with Gasteiger partial charge in [-0.25, -0.2) is 0 Å². The van der Waals surface area contributed by atoms with E-state index in [2.05, 4.69) is 15.2 Å². The molecular weight excluding hydrogens is 356 g/mol. The number of H-pyrrole nitrogens is 1. The van der Waals surface area contributed by atoms with Crippen LogP contribution in [0.25, 0.3) is 11.4 Å². The summed E-state index contributed by atoms with van der Waals surface area (Å²) in [7, 11) is 1.58. The molecule has 28 heavy (non-hydrogen) atoms. The van der Waals surface area contributed by atoms with Crippen LogP contribution in [0.15, 0.2) is 54.7 Å². The number of hydrogen-bond acceptors (Lipinski definition) is 5. The molecule has 1 aliphatic rings. The molecule has 1 fully saturated rings. The van der Waals surface area contributed by atoms with E-state index in [1.165, 1.54) is 0 Å². The van der Waals surface area contributed by atoms with E-state index in [0.717, 1.165) is 0 Å². The van der Waals surface area contributed by atoms with Crippen LogP contribution in [-0.2, 0) is 5.60 Å². The number of hydrogen-bond donors (Lipinski definition) is 2. The van der Waals surface area contributed by atoms with E-state index in [-0.39, 0.29) is 12.5 Å². The number of nitrogens with zero attached hydrogens (tertiary/aromatic N) is 3. The molecule has 1 saturated heterocycles. The second kappa shape index (κ2) is 7.44. The van der Waals surface area contributed by atoms with Crippen molar-refractivity contribution in [2.75, 3.05) is 20.2 Å². The minimum atomic E-state index is -1.15. The molecule has 1 aliphatic heterocycles. The lowest BCUT2D eigenvalue weighted by Gasteiger charge is -2.39. The first-order valence-electron chi connectivity index (χ1n) is 9.23. The third kappa shape index (κ3) is 3.36. The zero-order chi connectivity index (χ0) is 19.6. The van der Waals surface area contributed by atoms with Crippen molar-refractivity contribution in [3.05, 3.63) is 66.0 Å². The molecule has 0 spiro atoms. The lowest BCUT2D eigenvalue weighted by molar-refractivity contribution is -0.0304. The average molecular weight is 378 g/mol. The van der Waals surface area contributed by atoms with Gasteiger partial charge in [0.15, 0.2) is 0 Å². The molecular formula is C21H22N4O3. The number of aromatic nitrogens is 3. The molecule has 7 heteroatoms. The van der Waals surface area contributed by atoms with Crippen molar-refractivity contribution in [1.29, 1.82) is 0 Å².